The summed E-state index contributed by atoms with van der Waals surface area (Å²) in [5, 5.41) is 5.28. The van der Waals surface area contributed by atoms with Crippen molar-refractivity contribution in [1.29, 1.82) is 0 Å². The number of aromatic nitrogens is 1. The molecule has 28 heavy (non-hydrogen) atoms. The molecule has 1 heterocycles. The highest BCUT2D eigenvalue weighted by Gasteiger charge is 2.14. The summed E-state index contributed by atoms with van der Waals surface area (Å²) in [5.41, 5.74) is 0.873. The van der Waals surface area contributed by atoms with Gasteiger partial charge in [-0.3, -0.25) is 14.6 Å². The third kappa shape index (κ3) is 6.72. The number of amides is 2. The molecule has 2 aromatic rings. The fraction of sp³-hybridized carbons (Fsp3) is 0.278. The van der Waals surface area contributed by atoms with Crippen LogP contribution in [0.1, 0.15) is 16.8 Å². The molecule has 0 unspecified atom stereocenters. The summed E-state index contributed by atoms with van der Waals surface area (Å²) in [6.45, 7) is 0.555. The molecule has 0 aliphatic carbocycles. The molecule has 0 aliphatic rings. The number of methoxy groups -OCH3 is 1. The molecule has 0 spiro atoms. The fourth-order valence-corrected chi connectivity index (χ4v) is 3.21. The lowest BCUT2D eigenvalue weighted by Crippen LogP contribution is -2.28. The second kappa shape index (κ2) is 10.5. The molecule has 0 saturated carbocycles. The van der Waals surface area contributed by atoms with Gasteiger partial charge >= 0.3 is 0 Å². The van der Waals surface area contributed by atoms with Crippen molar-refractivity contribution < 1.29 is 22.7 Å². The van der Waals surface area contributed by atoms with Gasteiger partial charge in [0.05, 0.1) is 23.4 Å². The van der Waals surface area contributed by atoms with Gasteiger partial charge in [-0.25, -0.2) is 13.1 Å². The number of carbonyl (C=O) groups is 2. The van der Waals surface area contributed by atoms with Gasteiger partial charge in [-0.1, -0.05) is 0 Å². The Labute approximate surface area is 163 Å². The van der Waals surface area contributed by atoms with Gasteiger partial charge in [-0.05, 0) is 36.4 Å². The van der Waals surface area contributed by atoms with E-state index in [0.717, 1.165) is 0 Å². The van der Waals surface area contributed by atoms with Crippen molar-refractivity contribution in [2.45, 2.75) is 11.3 Å². The maximum absolute atomic E-state index is 12.1. The van der Waals surface area contributed by atoms with Crippen molar-refractivity contribution >= 4 is 27.5 Å². The minimum Gasteiger partial charge on any atom is -0.383 e. The highest BCUT2D eigenvalue weighted by molar-refractivity contribution is 7.89. The number of rotatable bonds is 10. The van der Waals surface area contributed by atoms with E-state index in [-0.39, 0.29) is 36.9 Å². The highest BCUT2D eigenvalue weighted by atomic mass is 32.2. The number of hydrogen-bond donors (Lipinski definition) is 3. The molecule has 9 nitrogen and oxygen atoms in total. The Morgan fingerprint density at radius 2 is 1.86 bits per heavy atom. The maximum Gasteiger partial charge on any atom is 0.251 e. The first-order valence-electron chi connectivity index (χ1n) is 8.49. The average molecular weight is 406 g/mol. The van der Waals surface area contributed by atoms with Crippen LogP contribution in [-0.4, -0.2) is 52.0 Å². The number of nitrogens with zero attached hydrogens (tertiary/aromatic N) is 1. The van der Waals surface area contributed by atoms with Gasteiger partial charge in [0.15, 0.2) is 0 Å². The van der Waals surface area contributed by atoms with Crippen LogP contribution in [0.5, 0.6) is 0 Å². The second-order valence-corrected chi connectivity index (χ2v) is 7.48. The third-order valence-corrected chi connectivity index (χ3v) is 5.08. The lowest BCUT2D eigenvalue weighted by atomic mass is 10.2. The van der Waals surface area contributed by atoms with Crippen LogP contribution in [0.25, 0.3) is 0 Å². The normalized spacial score (nSPS) is 11.0. The van der Waals surface area contributed by atoms with Crippen molar-refractivity contribution in [2.75, 3.05) is 32.1 Å². The largest absolute Gasteiger partial charge is 0.383 e. The van der Waals surface area contributed by atoms with Crippen LogP contribution in [0.3, 0.4) is 0 Å². The van der Waals surface area contributed by atoms with E-state index in [2.05, 4.69) is 20.3 Å². The topological polar surface area (TPSA) is 126 Å². The number of ether oxygens (including phenoxy) is 1. The van der Waals surface area contributed by atoms with Crippen LogP contribution in [0.15, 0.2) is 53.7 Å². The summed E-state index contributed by atoms with van der Waals surface area (Å²) >= 11 is 0. The van der Waals surface area contributed by atoms with Crippen molar-refractivity contribution in [1.82, 2.24) is 15.0 Å². The third-order valence-electron chi connectivity index (χ3n) is 3.61. The SMILES string of the molecule is COCCNS(=O)(=O)c1ccc(C(=O)NCCC(=O)Nc2cccnc2)cc1. The lowest BCUT2D eigenvalue weighted by molar-refractivity contribution is -0.116. The van der Waals surface area contributed by atoms with E-state index in [0.29, 0.717) is 11.3 Å². The van der Waals surface area contributed by atoms with Gasteiger partial charge < -0.3 is 15.4 Å². The summed E-state index contributed by atoms with van der Waals surface area (Å²) in [7, 11) is -2.18. The Hall–Kier alpha value is -2.82. The zero-order valence-electron chi connectivity index (χ0n) is 15.3. The van der Waals surface area contributed by atoms with E-state index < -0.39 is 15.9 Å². The van der Waals surface area contributed by atoms with E-state index in [1.165, 1.54) is 37.6 Å². The van der Waals surface area contributed by atoms with E-state index in [9.17, 15) is 18.0 Å². The Bertz CT molecular complexity index is 886. The van der Waals surface area contributed by atoms with Gasteiger partial charge in [0, 0.05) is 38.4 Å². The van der Waals surface area contributed by atoms with Crippen LogP contribution in [0, 0.1) is 0 Å². The first-order valence-corrected chi connectivity index (χ1v) is 9.97. The molecular weight excluding hydrogens is 384 g/mol. The van der Waals surface area contributed by atoms with Crippen LogP contribution < -0.4 is 15.4 Å². The number of benzene rings is 1. The number of carbonyl (C=O) groups excluding carboxylic acids is 2. The molecule has 150 valence electrons. The van der Waals surface area contributed by atoms with E-state index in [1.54, 1.807) is 18.3 Å². The van der Waals surface area contributed by atoms with Gasteiger partial charge in [0.2, 0.25) is 15.9 Å². The molecule has 0 atom stereocenters. The zero-order valence-corrected chi connectivity index (χ0v) is 16.2. The van der Waals surface area contributed by atoms with Gasteiger partial charge in [0.25, 0.3) is 5.91 Å². The van der Waals surface area contributed by atoms with Crippen molar-refractivity contribution in [3.63, 3.8) is 0 Å². The zero-order chi connectivity index (χ0) is 20.4. The monoisotopic (exact) mass is 406 g/mol. The van der Waals surface area contributed by atoms with E-state index >= 15 is 0 Å². The van der Waals surface area contributed by atoms with E-state index in [1.807, 2.05) is 0 Å². The highest BCUT2D eigenvalue weighted by Crippen LogP contribution is 2.10. The van der Waals surface area contributed by atoms with Crippen LogP contribution in [0.4, 0.5) is 5.69 Å². The Morgan fingerprint density at radius 3 is 2.50 bits per heavy atom. The van der Waals surface area contributed by atoms with Crippen LogP contribution in [0.2, 0.25) is 0 Å². The summed E-state index contributed by atoms with van der Waals surface area (Å²) in [6, 6.07) is 8.93. The Balaban J connectivity index is 1.81. The van der Waals surface area contributed by atoms with E-state index in [4.69, 9.17) is 4.74 Å². The van der Waals surface area contributed by atoms with Gasteiger partial charge in [0.1, 0.15) is 0 Å². The Kier molecular flexibility index (Phi) is 8.05. The maximum atomic E-state index is 12.1. The molecule has 0 saturated heterocycles. The molecule has 0 aliphatic heterocycles. The predicted molar refractivity (Wildman–Crippen MR) is 103 cm³/mol. The molecule has 10 heteroatoms. The first kappa shape index (κ1) is 21.5. The molecule has 2 rings (SSSR count). The average Bonchev–Trinajstić information content (AvgIpc) is 2.69. The molecule has 0 bridgehead atoms. The van der Waals surface area contributed by atoms with Crippen LogP contribution >= 0.6 is 0 Å². The quantitative estimate of drug-likeness (QED) is 0.500. The smallest absolute Gasteiger partial charge is 0.251 e. The Morgan fingerprint density at radius 1 is 1.11 bits per heavy atom. The minimum absolute atomic E-state index is 0.0519. The standard InChI is InChI=1S/C18H22N4O5S/c1-27-12-11-21-28(25,26)16-6-4-14(5-7-16)18(24)20-10-8-17(23)22-15-3-2-9-19-13-15/h2-7,9,13,21H,8,10-12H2,1H3,(H,20,24)(H,22,23). The summed E-state index contributed by atoms with van der Waals surface area (Å²) in [4.78, 5) is 27.9. The molecule has 1 aromatic heterocycles. The second-order valence-electron chi connectivity index (χ2n) is 5.71. The summed E-state index contributed by atoms with van der Waals surface area (Å²) in [5.74, 6) is -0.651. The van der Waals surface area contributed by atoms with Gasteiger partial charge in [-0.15, -0.1) is 0 Å². The molecule has 0 radical (unpaired) electrons. The number of anilines is 1. The number of nitrogens with one attached hydrogen (secondary N) is 3. The number of sulfonamides is 1. The molecular formula is C18H22N4O5S. The summed E-state index contributed by atoms with van der Waals surface area (Å²) < 4.78 is 31.3. The number of hydrogen-bond acceptors (Lipinski definition) is 6. The molecule has 2 amide bonds. The van der Waals surface area contributed by atoms with Crippen molar-refractivity contribution in [3.05, 3.63) is 54.4 Å². The van der Waals surface area contributed by atoms with Crippen LogP contribution in [-0.2, 0) is 19.6 Å². The minimum atomic E-state index is -3.65. The summed E-state index contributed by atoms with van der Waals surface area (Å²) in [6.07, 6.45) is 3.22. The first-order chi connectivity index (χ1) is 13.4. The fourth-order valence-electron chi connectivity index (χ4n) is 2.20. The van der Waals surface area contributed by atoms with Crippen molar-refractivity contribution in [3.8, 4) is 0 Å². The molecule has 3 N–H and O–H groups in total. The predicted octanol–water partition coefficient (Wildman–Crippen LogP) is 0.765. The molecule has 1 aromatic carbocycles. The number of pyridine rings is 1. The lowest BCUT2D eigenvalue weighted by Gasteiger charge is -2.08. The molecule has 0 fully saturated rings. The van der Waals surface area contributed by atoms with Gasteiger partial charge in [-0.2, -0.15) is 0 Å². The van der Waals surface area contributed by atoms with Crippen molar-refractivity contribution in [2.24, 2.45) is 0 Å².